The van der Waals surface area contributed by atoms with Crippen LogP contribution in [-0.2, 0) is 9.59 Å². The molecule has 2 saturated heterocycles. The van der Waals surface area contributed by atoms with Gasteiger partial charge in [-0.05, 0) is 69.0 Å². The van der Waals surface area contributed by atoms with Crippen LogP contribution in [0.3, 0.4) is 0 Å². The maximum atomic E-state index is 12.5. The lowest BCUT2D eigenvalue weighted by atomic mass is 9.96. The van der Waals surface area contributed by atoms with Gasteiger partial charge in [-0.15, -0.1) is 0 Å². The molecule has 1 aromatic heterocycles. The molecule has 2 amide bonds. The van der Waals surface area contributed by atoms with E-state index in [4.69, 9.17) is 23.2 Å². The number of aliphatic imine (C=N–C) groups is 1. The lowest BCUT2D eigenvalue weighted by Gasteiger charge is -2.27. The Hall–Kier alpha value is -1.91. The Morgan fingerprint density at radius 3 is 2.87 bits per heavy atom. The Labute approximate surface area is 197 Å². The number of carbonyl (C=O) groups excluding carboxylic acids is 2. The maximum Gasteiger partial charge on any atom is 0.264 e. The van der Waals surface area contributed by atoms with Crippen LogP contribution in [-0.4, -0.2) is 47.0 Å². The number of piperidine rings is 1. The number of anilines is 1. The first-order chi connectivity index (χ1) is 14.9. The van der Waals surface area contributed by atoms with Gasteiger partial charge in [0, 0.05) is 17.1 Å². The van der Waals surface area contributed by atoms with Gasteiger partial charge >= 0.3 is 0 Å². The minimum absolute atomic E-state index is 0.00361. The molecule has 162 valence electrons. The van der Waals surface area contributed by atoms with Crippen molar-refractivity contribution in [2.45, 2.75) is 12.8 Å². The fraction of sp³-hybridized carbons (Fsp3) is 0.300. The number of carbonyl (C=O) groups is 2. The van der Waals surface area contributed by atoms with Gasteiger partial charge in [0.15, 0.2) is 10.3 Å². The summed E-state index contributed by atoms with van der Waals surface area (Å²) in [4.78, 5) is 36.9. The van der Waals surface area contributed by atoms with Gasteiger partial charge in [0.2, 0.25) is 5.91 Å². The van der Waals surface area contributed by atoms with Crippen molar-refractivity contribution in [2.24, 2.45) is 10.9 Å². The van der Waals surface area contributed by atoms with Crippen LogP contribution in [0.25, 0.3) is 6.08 Å². The zero-order chi connectivity index (χ0) is 22.0. The minimum atomic E-state index is -0.251. The summed E-state index contributed by atoms with van der Waals surface area (Å²) in [5, 5.41) is 7.50. The summed E-state index contributed by atoms with van der Waals surface area (Å²) in [6.45, 7) is 1.84. The first-order valence-corrected chi connectivity index (χ1v) is 12.0. The lowest BCUT2D eigenvalue weighted by molar-refractivity contribution is -0.121. The first-order valence-electron chi connectivity index (χ1n) is 9.57. The number of thioether (sulfide) groups is 1. The minimum Gasteiger partial charge on any atom is -0.306 e. The molecular formula is C20H19Cl2N5O2S2. The molecule has 0 radical (unpaired) electrons. The number of amidine groups is 1. The van der Waals surface area contributed by atoms with Crippen molar-refractivity contribution in [3.05, 3.63) is 44.2 Å². The molecule has 2 aliphatic rings. The van der Waals surface area contributed by atoms with Crippen molar-refractivity contribution in [3.8, 4) is 0 Å². The molecule has 0 aliphatic carbocycles. The highest BCUT2D eigenvalue weighted by Gasteiger charge is 2.26. The second kappa shape index (κ2) is 9.70. The van der Waals surface area contributed by atoms with E-state index in [1.807, 2.05) is 0 Å². The third kappa shape index (κ3) is 5.67. The SMILES string of the molecule is CN1CCC(C(=O)Nc2ncc(C=C3SC(=Nc4ccc(Cl)cc4Cl)NC3=O)s2)CC1. The molecular weight excluding hydrogens is 477 g/mol. The van der Waals surface area contributed by atoms with Crippen molar-refractivity contribution < 1.29 is 9.59 Å². The van der Waals surface area contributed by atoms with Crippen LogP contribution in [0.15, 0.2) is 34.3 Å². The van der Waals surface area contributed by atoms with Crippen LogP contribution in [0, 0.1) is 5.92 Å². The first kappa shape index (κ1) is 22.3. The van der Waals surface area contributed by atoms with Crippen LogP contribution in [0.4, 0.5) is 10.8 Å². The summed E-state index contributed by atoms with van der Waals surface area (Å²) in [7, 11) is 2.06. The Morgan fingerprint density at radius 2 is 2.13 bits per heavy atom. The van der Waals surface area contributed by atoms with E-state index in [1.54, 1.807) is 30.5 Å². The van der Waals surface area contributed by atoms with E-state index in [0.717, 1.165) is 30.8 Å². The quantitative estimate of drug-likeness (QED) is 0.604. The average molecular weight is 496 g/mol. The van der Waals surface area contributed by atoms with E-state index in [-0.39, 0.29) is 17.7 Å². The Balaban J connectivity index is 1.41. The lowest BCUT2D eigenvalue weighted by Crippen LogP contribution is -2.35. The summed E-state index contributed by atoms with van der Waals surface area (Å²) in [6.07, 6.45) is 5.07. The molecule has 0 bridgehead atoms. The highest BCUT2D eigenvalue weighted by molar-refractivity contribution is 8.18. The van der Waals surface area contributed by atoms with Crippen LogP contribution in [0.2, 0.25) is 10.0 Å². The second-order valence-corrected chi connectivity index (χ2v) is 10.1. The van der Waals surface area contributed by atoms with Crippen LogP contribution < -0.4 is 10.6 Å². The number of thiazole rings is 1. The van der Waals surface area contributed by atoms with E-state index in [1.165, 1.54) is 23.1 Å². The molecule has 0 unspecified atom stereocenters. The number of nitrogens with zero attached hydrogens (tertiary/aromatic N) is 3. The van der Waals surface area contributed by atoms with E-state index in [9.17, 15) is 9.59 Å². The molecule has 2 aliphatic heterocycles. The topological polar surface area (TPSA) is 86.7 Å². The van der Waals surface area contributed by atoms with Crippen LogP contribution >= 0.6 is 46.3 Å². The molecule has 1 aromatic carbocycles. The Morgan fingerprint density at radius 1 is 1.35 bits per heavy atom. The van der Waals surface area contributed by atoms with Crippen molar-refractivity contribution >= 4 is 80.2 Å². The molecule has 2 fully saturated rings. The zero-order valence-corrected chi connectivity index (χ0v) is 19.7. The van der Waals surface area contributed by atoms with E-state index >= 15 is 0 Å². The number of likely N-dealkylation sites (tertiary alicyclic amines) is 1. The molecule has 0 spiro atoms. The fourth-order valence-corrected chi connectivity index (χ4v) is 5.29. The number of halogens is 2. The fourth-order valence-electron chi connectivity index (χ4n) is 3.18. The van der Waals surface area contributed by atoms with Gasteiger partial charge in [-0.25, -0.2) is 9.98 Å². The Kier molecular flexibility index (Phi) is 6.98. The molecule has 4 rings (SSSR count). The third-order valence-electron chi connectivity index (χ3n) is 4.90. The van der Waals surface area contributed by atoms with E-state index in [2.05, 4.69) is 32.6 Å². The molecule has 0 saturated carbocycles. The monoisotopic (exact) mass is 495 g/mol. The summed E-state index contributed by atoms with van der Waals surface area (Å²) in [6, 6.07) is 4.97. The third-order valence-corrected chi connectivity index (χ3v) is 7.21. The molecule has 31 heavy (non-hydrogen) atoms. The molecule has 11 heteroatoms. The second-order valence-electron chi connectivity index (χ2n) is 7.21. The Bertz CT molecular complexity index is 1080. The number of hydrogen-bond donors (Lipinski definition) is 2. The van der Waals surface area contributed by atoms with Gasteiger partial charge < -0.3 is 15.5 Å². The predicted molar refractivity (Wildman–Crippen MR) is 128 cm³/mol. The highest BCUT2D eigenvalue weighted by Crippen LogP contribution is 2.33. The van der Waals surface area contributed by atoms with Gasteiger partial charge in [-0.3, -0.25) is 9.59 Å². The standard InChI is InChI=1S/C20H19Cl2N5O2S2/c1-27-6-4-11(5-7-27)17(28)25-19-23-10-13(30-19)9-16-18(29)26-20(31-16)24-15-3-2-12(21)8-14(15)22/h2-3,8-11H,4-7H2,1H3,(H,23,25,28)(H,24,26,29). The highest BCUT2D eigenvalue weighted by atomic mass is 35.5. The number of aromatic nitrogens is 1. The predicted octanol–water partition coefficient (Wildman–Crippen LogP) is 4.62. The smallest absolute Gasteiger partial charge is 0.264 e. The largest absolute Gasteiger partial charge is 0.306 e. The van der Waals surface area contributed by atoms with Crippen LogP contribution in [0.1, 0.15) is 17.7 Å². The molecule has 7 nitrogen and oxygen atoms in total. The van der Waals surface area contributed by atoms with Gasteiger partial charge in [-0.2, -0.15) is 0 Å². The van der Waals surface area contributed by atoms with Crippen LogP contribution in [0.5, 0.6) is 0 Å². The van der Waals surface area contributed by atoms with E-state index in [0.29, 0.717) is 30.9 Å². The van der Waals surface area contributed by atoms with Gasteiger partial charge in [-0.1, -0.05) is 34.5 Å². The summed E-state index contributed by atoms with van der Waals surface area (Å²) < 4.78 is 0. The summed E-state index contributed by atoms with van der Waals surface area (Å²) in [5.74, 6) is -0.237. The van der Waals surface area contributed by atoms with E-state index < -0.39 is 0 Å². The average Bonchev–Trinajstić information content (AvgIpc) is 3.31. The van der Waals surface area contributed by atoms with Crippen molar-refractivity contribution in [2.75, 3.05) is 25.5 Å². The van der Waals surface area contributed by atoms with Gasteiger partial charge in [0.25, 0.3) is 5.91 Å². The molecule has 2 aromatic rings. The number of nitrogens with one attached hydrogen (secondary N) is 2. The molecule has 0 atom stereocenters. The van der Waals surface area contributed by atoms with Crippen molar-refractivity contribution in [1.82, 2.24) is 15.2 Å². The molecule has 3 heterocycles. The number of hydrogen-bond acceptors (Lipinski definition) is 7. The number of rotatable bonds is 4. The van der Waals surface area contributed by atoms with Gasteiger partial charge in [0.1, 0.15) is 0 Å². The summed E-state index contributed by atoms with van der Waals surface area (Å²) in [5.41, 5.74) is 0.520. The van der Waals surface area contributed by atoms with Crippen molar-refractivity contribution in [1.29, 1.82) is 0 Å². The normalized spacial score (nSPS) is 20.4. The molecule has 2 N–H and O–H groups in total. The number of amides is 2. The summed E-state index contributed by atoms with van der Waals surface area (Å²) >= 11 is 14.6. The maximum absolute atomic E-state index is 12.5. The number of benzene rings is 1. The zero-order valence-electron chi connectivity index (χ0n) is 16.5. The van der Waals surface area contributed by atoms with Gasteiger partial charge in [0.05, 0.1) is 20.5 Å². The van der Waals surface area contributed by atoms with Crippen molar-refractivity contribution in [3.63, 3.8) is 0 Å².